The second kappa shape index (κ2) is 7.14. The Balaban J connectivity index is 1.50. The number of aromatic nitrogens is 1. The Morgan fingerprint density at radius 1 is 1.52 bits per heavy atom. The normalized spacial score (nSPS) is 19.0. The minimum Gasteiger partial charge on any atom is -0.467 e. The van der Waals surface area contributed by atoms with Crippen molar-refractivity contribution in [2.75, 3.05) is 38.1 Å². The van der Waals surface area contributed by atoms with Crippen LogP contribution in [0.3, 0.4) is 0 Å². The van der Waals surface area contributed by atoms with E-state index in [0.29, 0.717) is 19.1 Å². The summed E-state index contributed by atoms with van der Waals surface area (Å²) in [5.41, 5.74) is 0. The monoisotopic (exact) mass is 334 g/mol. The van der Waals surface area contributed by atoms with Gasteiger partial charge in [0, 0.05) is 44.3 Å². The second-order valence-corrected chi connectivity index (χ2v) is 6.79. The molecule has 23 heavy (non-hydrogen) atoms. The molecule has 0 radical (unpaired) electrons. The van der Waals surface area contributed by atoms with Crippen molar-refractivity contribution in [3.05, 3.63) is 35.7 Å². The fraction of sp³-hybridized carbons (Fsp3) is 0.500. The average molecular weight is 334 g/mol. The van der Waals surface area contributed by atoms with Gasteiger partial charge in [-0.1, -0.05) is 0 Å². The molecule has 1 amide bonds. The van der Waals surface area contributed by atoms with Crippen LogP contribution in [0.1, 0.15) is 12.7 Å². The topological polar surface area (TPSA) is 52.8 Å². The Hall–Kier alpha value is -1.86. The lowest BCUT2D eigenvalue weighted by atomic mass is 10.2. The van der Waals surface area contributed by atoms with Gasteiger partial charge in [-0.3, -0.25) is 9.69 Å². The van der Waals surface area contributed by atoms with E-state index in [1.165, 1.54) is 0 Å². The van der Waals surface area contributed by atoms with E-state index >= 15 is 0 Å². The van der Waals surface area contributed by atoms with E-state index in [9.17, 15) is 4.79 Å². The molecule has 7 heteroatoms. The molecule has 1 atom stereocenters. The van der Waals surface area contributed by atoms with Crippen molar-refractivity contribution in [2.45, 2.75) is 19.5 Å². The third-order valence-corrected chi connectivity index (χ3v) is 4.94. The highest BCUT2D eigenvalue weighted by Crippen LogP contribution is 2.22. The SMILES string of the molecule is C[C@H]1CN(CC(=O)N(C)Cc2ccco2)CCN1c1nccs1. The lowest BCUT2D eigenvalue weighted by molar-refractivity contribution is -0.132. The predicted octanol–water partition coefficient (Wildman–Crippen LogP) is 1.91. The number of carbonyl (C=O) groups is 1. The minimum absolute atomic E-state index is 0.122. The summed E-state index contributed by atoms with van der Waals surface area (Å²) in [4.78, 5) is 23.0. The molecule has 0 spiro atoms. The Labute approximate surface area is 140 Å². The van der Waals surface area contributed by atoms with Crippen molar-refractivity contribution in [1.29, 1.82) is 0 Å². The molecule has 0 aliphatic carbocycles. The number of rotatable bonds is 5. The van der Waals surface area contributed by atoms with Gasteiger partial charge >= 0.3 is 0 Å². The Morgan fingerprint density at radius 3 is 3.04 bits per heavy atom. The maximum Gasteiger partial charge on any atom is 0.236 e. The third-order valence-electron chi connectivity index (χ3n) is 4.13. The standard InChI is InChI=1S/C16H22N4O2S/c1-13-10-19(6-7-20(13)16-17-5-9-23-16)12-15(21)18(2)11-14-4-3-8-22-14/h3-5,8-9,13H,6-7,10-12H2,1-2H3/t13-/m0/s1. The first kappa shape index (κ1) is 16.0. The predicted molar refractivity (Wildman–Crippen MR) is 90.5 cm³/mol. The summed E-state index contributed by atoms with van der Waals surface area (Å²) in [6.45, 7) is 5.81. The van der Waals surface area contributed by atoms with Gasteiger partial charge < -0.3 is 14.2 Å². The van der Waals surface area contributed by atoms with Gasteiger partial charge in [0.15, 0.2) is 5.13 Å². The van der Waals surface area contributed by atoms with Crippen LogP contribution < -0.4 is 4.90 Å². The maximum absolute atomic E-state index is 12.4. The summed E-state index contributed by atoms with van der Waals surface area (Å²) < 4.78 is 5.30. The Kier molecular flexibility index (Phi) is 4.97. The van der Waals surface area contributed by atoms with Crippen LogP contribution in [0.25, 0.3) is 0 Å². The van der Waals surface area contributed by atoms with E-state index < -0.39 is 0 Å². The first-order chi connectivity index (χ1) is 11.1. The molecule has 0 saturated carbocycles. The lowest BCUT2D eigenvalue weighted by Crippen LogP contribution is -2.54. The summed E-state index contributed by atoms with van der Waals surface area (Å²) in [6.07, 6.45) is 3.47. The molecule has 124 valence electrons. The number of amides is 1. The number of hydrogen-bond donors (Lipinski definition) is 0. The van der Waals surface area contributed by atoms with Crippen LogP contribution in [0.4, 0.5) is 5.13 Å². The molecule has 0 bridgehead atoms. The highest BCUT2D eigenvalue weighted by molar-refractivity contribution is 7.13. The van der Waals surface area contributed by atoms with Crippen LogP contribution in [0.2, 0.25) is 0 Å². The molecular weight excluding hydrogens is 312 g/mol. The number of furan rings is 1. The number of likely N-dealkylation sites (N-methyl/N-ethyl adjacent to an activating group) is 1. The number of carbonyl (C=O) groups excluding carboxylic acids is 1. The fourth-order valence-electron chi connectivity index (χ4n) is 2.86. The van der Waals surface area contributed by atoms with Gasteiger partial charge in [0.05, 0.1) is 19.4 Å². The van der Waals surface area contributed by atoms with E-state index in [2.05, 4.69) is 21.7 Å². The summed E-state index contributed by atoms with van der Waals surface area (Å²) >= 11 is 1.67. The van der Waals surface area contributed by atoms with E-state index in [0.717, 1.165) is 30.5 Å². The van der Waals surface area contributed by atoms with E-state index in [1.54, 1.807) is 22.5 Å². The number of anilines is 1. The summed E-state index contributed by atoms with van der Waals surface area (Å²) in [6, 6.07) is 4.09. The smallest absolute Gasteiger partial charge is 0.236 e. The van der Waals surface area contributed by atoms with Crippen molar-refractivity contribution in [2.24, 2.45) is 0 Å². The zero-order chi connectivity index (χ0) is 16.2. The zero-order valence-corrected chi connectivity index (χ0v) is 14.3. The molecule has 2 aromatic heterocycles. The number of piperazine rings is 1. The number of hydrogen-bond acceptors (Lipinski definition) is 6. The molecule has 1 aliphatic heterocycles. The van der Waals surface area contributed by atoms with Crippen LogP contribution in [0.15, 0.2) is 34.4 Å². The van der Waals surface area contributed by atoms with E-state index in [1.807, 2.05) is 30.8 Å². The maximum atomic E-state index is 12.4. The Bertz CT molecular complexity index is 614. The summed E-state index contributed by atoms with van der Waals surface area (Å²) in [7, 11) is 1.82. The molecule has 6 nitrogen and oxygen atoms in total. The average Bonchev–Trinajstić information content (AvgIpc) is 3.20. The quantitative estimate of drug-likeness (QED) is 0.836. The lowest BCUT2D eigenvalue weighted by Gasteiger charge is -2.39. The van der Waals surface area contributed by atoms with Gasteiger partial charge in [-0.2, -0.15) is 0 Å². The van der Waals surface area contributed by atoms with E-state index in [-0.39, 0.29) is 5.91 Å². The van der Waals surface area contributed by atoms with Crippen molar-refractivity contribution >= 4 is 22.4 Å². The third kappa shape index (κ3) is 3.92. The van der Waals surface area contributed by atoms with Gasteiger partial charge in [0.2, 0.25) is 5.91 Å². The van der Waals surface area contributed by atoms with Gasteiger partial charge in [0.25, 0.3) is 0 Å². The molecular formula is C16H22N4O2S. The fourth-order valence-corrected chi connectivity index (χ4v) is 3.63. The van der Waals surface area contributed by atoms with Crippen LogP contribution >= 0.6 is 11.3 Å². The van der Waals surface area contributed by atoms with Crippen molar-refractivity contribution in [1.82, 2.24) is 14.8 Å². The molecule has 1 fully saturated rings. The largest absolute Gasteiger partial charge is 0.467 e. The van der Waals surface area contributed by atoms with Gasteiger partial charge in [-0.05, 0) is 19.1 Å². The van der Waals surface area contributed by atoms with Gasteiger partial charge in [-0.15, -0.1) is 11.3 Å². The molecule has 3 heterocycles. The highest BCUT2D eigenvalue weighted by Gasteiger charge is 2.27. The Morgan fingerprint density at radius 2 is 2.39 bits per heavy atom. The molecule has 3 rings (SSSR count). The first-order valence-electron chi connectivity index (χ1n) is 7.78. The molecule has 1 aliphatic rings. The van der Waals surface area contributed by atoms with Gasteiger partial charge in [0.1, 0.15) is 5.76 Å². The van der Waals surface area contributed by atoms with Gasteiger partial charge in [-0.25, -0.2) is 4.98 Å². The number of nitrogens with zero attached hydrogens (tertiary/aromatic N) is 4. The highest BCUT2D eigenvalue weighted by atomic mass is 32.1. The molecule has 2 aromatic rings. The number of thiazole rings is 1. The molecule has 1 saturated heterocycles. The second-order valence-electron chi connectivity index (χ2n) is 5.92. The van der Waals surface area contributed by atoms with Crippen molar-refractivity contribution < 1.29 is 9.21 Å². The molecule has 0 unspecified atom stereocenters. The molecule has 0 aromatic carbocycles. The van der Waals surface area contributed by atoms with Crippen LogP contribution in [0, 0.1) is 0 Å². The van der Waals surface area contributed by atoms with Crippen LogP contribution in [0.5, 0.6) is 0 Å². The summed E-state index contributed by atoms with van der Waals surface area (Å²) in [5.74, 6) is 0.930. The summed E-state index contributed by atoms with van der Waals surface area (Å²) in [5, 5.41) is 3.07. The van der Waals surface area contributed by atoms with Crippen molar-refractivity contribution in [3.63, 3.8) is 0 Å². The van der Waals surface area contributed by atoms with Crippen LogP contribution in [-0.2, 0) is 11.3 Å². The first-order valence-corrected chi connectivity index (χ1v) is 8.66. The zero-order valence-electron chi connectivity index (χ0n) is 13.5. The van der Waals surface area contributed by atoms with Crippen LogP contribution in [-0.4, -0.2) is 60.0 Å². The van der Waals surface area contributed by atoms with Crippen molar-refractivity contribution in [3.8, 4) is 0 Å². The minimum atomic E-state index is 0.122. The molecule has 0 N–H and O–H groups in total. The van der Waals surface area contributed by atoms with E-state index in [4.69, 9.17) is 4.42 Å².